The molecule has 0 spiro atoms. The van der Waals surface area contributed by atoms with Gasteiger partial charge >= 0.3 is 0 Å². The van der Waals surface area contributed by atoms with E-state index in [9.17, 15) is 0 Å². The summed E-state index contributed by atoms with van der Waals surface area (Å²) in [7, 11) is 0. The van der Waals surface area contributed by atoms with Gasteiger partial charge in [0, 0.05) is 56.6 Å². The molecule has 1 aliphatic rings. The lowest BCUT2D eigenvalue weighted by molar-refractivity contribution is 0.297. The molecule has 2 N–H and O–H groups in total. The number of aryl methyl sites for hydroxylation is 1. The maximum atomic E-state index is 5.79. The minimum atomic E-state index is 0.659. The molecule has 0 bridgehead atoms. The second-order valence-corrected chi connectivity index (χ2v) is 6.95. The highest BCUT2D eigenvalue weighted by Gasteiger charge is 2.11. The molecule has 30 heavy (non-hydrogen) atoms. The van der Waals surface area contributed by atoms with Gasteiger partial charge in [-0.1, -0.05) is 0 Å². The smallest absolute Gasteiger partial charge is 0.195 e. The molecule has 8 nitrogen and oxygen atoms in total. The van der Waals surface area contributed by atoms with E-state index in [2.05, 4.69) is 15.7 Å². The SMILES string of the molecule is c1coc(CCNC(=NCCCn2cccn2)Nc2ccc3c(c2)OCCCO3)c1. The first-order valence-corrected chi connectivity index (χ1v) is 10.3. The number of guanidine groups is 1. The van der Waals surface area contributed by atoms with Crippen molar-refractivity contribution < 1.29 is 13.9 Å². The van der Waals surface area contributed by atoms with E-state index in [0.717, 1.165) is 54.7 Å². The average molecular weight is 409 g/mol. The first-order valence-electron chi connectivity index (χ1n) is 10.3. The number of fused-ring (bicyclic) bond motifs is 1. The first-order chi connectivity index (χ1) is 14.9. The predicted octanol–water partition coefficient (Wildman–Crippen LogP) is 3.33. The van der Waals surface area contributed by atoms with Crippen molar-refractivity contribution in [1.29, 1.82) is 0 Å². The van der Waals surface area contributed by atoms with E-state index in [4.69, 9.17) is 18.9 Å². The van der Waals surface area contributed by atoms with Crippen LogP contribution in [0.4, 0.5) is 5.69 Å². The van der Waals surface area contributed by atoms with Gasteiger partial charge in [0.2, 0.25) is 0 Å². The van der Waals surface area contributed by atoms with Crippen LogP contribution in [-0.2, 0) is 13.0 Å². The molecule has 158 valence electrons. The van der Waals surface area contributed by atoms with Crippen LogP contribution >= 0.6 is 0 Å². The third-order valence-electron chi connectivity index (χ3n) is 4.63. The molecule has 0 unspecified atom stereocenters. The Labute approximate surface area is 175 Å². The van der Waals surface area contributed by atoms with Crippen LogP contribution < -0.4 is 20.1 Å². The van der Waals surface area contributed by atoms with Gasteiger partial charge < -0.3 is 24.5 Å². The van der Waals surface area contributed by atoms with Crippen LogP contribution in [0.2, 0.25) is 0 Å². The Hall–Kier alpha value is -3.42. The third-order valence-corrected chi connectivity index (χ3v) is 4.63. The highest BCUT2D eigenvalue weighted by Crippen LogP contribution is 2.32. The molecular weight excluding hydrogens is 382 g/mol. The molecule has 1 aliphatic heterocycles. The Kier molecular flexibility index (Phi) is 6.88. The van der Waals surface area contributed by atoms with Crippen LogP contribution in [0, 0.1) is 0 Å². The highest BCUT2D eigenvalue weighted by molar-refractivity contribution is 5.94. The lowest BCUT2D eigenvalue weighted by Crippen LogP contribution is -2.32. The molecule has 2 aromatic heterocycles. The van der Waals surface area contributed by atoms with Crippen LogP contribution in [0.3, 0.4) is 0 Å². The molecule has 0 saturated heterocycles. The second-order valence-electron chi connectivity index (χ2n) is 6.95. The minimum absolute atomic E-state index is 0.659. The minimum Gasteiger partial charge on any atom is -0.490 e. The normalized spacial score (nSPS) is 13.7. The summed E-state index contributed by atoms with van der Waals surface area (Å²) < 4.78 is 18.8. The zero-order valence-electron chi connectivity index (χ0n) is 16.9. The van der Waals surface area contributed by atoms with Gasteiger partial charge in [-0.2, -0.15) is 5.10 Å². The van der Waals surface area contributed by atoms with Crippen molar-refractivity contribution in [3.05, 3.63) is 60.8 Å². The number of hydrogen-bond donors (Lipinski definition) is 2. The molecule has 0 atom stereocenters. The summed E-state index contributed by atoms with van der Waals surface area (Å²) in [5.74, 6) is 3.19. The molecule has 1 aromatic carbocycles. The molecule has 4 rings (SSSR count). The number of rotatable bonds is 8. The van der Waals surface area contributed by atoms with Crippen molar-refractivity contribution in [3.8, 4) is 11.5 Å². The zero-order valence-corrected chi connectivity index (χ0v) is 16.9. The number of furan rings is 1. The Bertz CT molecular complexity index is 922. The number of benzene rings is 1. The van der Waals surface area contributed by atoms with Crippen LogP contribution in [0.15, 0.2) is 64.5 Å². The van der Waals surface area contributed by atoms with Gasteiger partial charge in [0.05, 0.1) is 19.5 Å². The van der Waals surface area contributed by atoms with Crippen molar-refractivity contribution in [2.24, 2.45) is 4.99 Å². The van der Waals surface area contributed by atoms with Gasteiger partial charge in [0.1, 0.15) is 5.76 Å². The van der Waals surface area contributed by atoms with E-state index in [0.29, 0.717) is 26.3 Å². The van der Waals surface area contributed by atoms with Gasteiger partial charge in [-0.25, -0.2) is 0 Å². The third kappa shape index (κ3) is 5.79. The summed E-state index contributed by atoms with van der Waals surface area (Å²) in [6, 6.07) is 11.7. The summed E-state index contributed by atoms with van der Waals surface area (Å²) in [6.07, 6.45) is 8.00. The molecule has 0 amide bonds. The van der Waals surface area contributed by atoms with Crippen molar-refractivity contribution in [1.82, 2.24) is 15.1 Å². The number of aliphatic imine (C=N–C) groups is 1. The summed E-state index contributed by atoms with van der Waals surface area (Å²) in [5, 5.41) is 11.0. The van der Waals surface area contributed by atoms with Gasteiger partial charge in [0.15, 0.2) is 17.5 Å². The molecule has 8 heteroatoms. The molecule has 0 fully saturated rings. The predicted molar refractivity (Wildman–Crippen MR) is 115 cm³/mol. The van der Waals surface area contributed by atoms with Crippen molar-refractivity contribution in [2.45, 2.75) is 25.8 Å². The Morgan fingerprint density at radius 1 is 1.13 bits per heavy atom. The summed E-state index contributed by atoms with van der Waals surface area (Å²) in [6.45, 7) is 3.56. The van der Waals surface area contributed by atoms with E-state index in [1.807, 2.05) is 47.3 Å². The molecule has 0 radical (unpaired) electrons. The van der Waals surface area contributed by atoms with Crippen LogP contribution in [0.1, 0.15) is 18.6 Å². The number of aromatic nitrogens is 2. The molecule has 0 saturated carbocycles. The summed E-state index contributed by atoms with van der Waals surface area (Å²) in [5.41, 5.74) is 0.899. The number of nitrogens with one attached hydrogen (secondary N) is 2. The average Bonchev–Trinajstić information content (AvgIpc) is 3.42. The van der Waals surface area contributed by atoms with Gasteiger partial charge in [0.25, 0.3) is 0 Å². The zero-order chi connectivity index (χ0) is 20.4. The van der Waals surface area contributed by atoms with E-state index in [1.165, 1.54) is 0 Å². The number of nitrogens with zero attached hydrogens (tertiary/aromatic N) is 3. The largest absolute Gasteiger partial charge is 0.490 e. The van der Waals surface area contributed by atoms with Crippen LogP contribution in [0.5, 0.6) is 11.5 Å². The van der Waals surface area contributed by atoms with E-state index < -0.39 is 0 Å². The summed E-state index contributed by atoms with van der Waals surface area (Å²) in [4.78, 5) is 4.72. The molecular formula is C22H27N5O3. The Morgan fingerprint density at radius 2 is 2.07 bits per heavy atom. The van der Waals surface area contributed by atoms with E-state index >= 15 is 0 Å². The standard InChI is InChI=1S/C22H27N5O3/c1-5-19(28-14-1)8-11-24-22(23-9-2-12-27-13-3-10-25-27)26-18-6-7-20-21(17-18)30-16-4-15-29-20/h1,3,5-7,10,13-14,17H,2,4,8-9,11-12,15-16H2,(H2,23,24,26). The van der Waals surface area contributed by atoms with Gasteiger partial charge in [-0.05, 0) is 36.8 Å². The maximum Gasteiger partial charge on any atom is 0.195 e. The number of anilines is 1. The van der Waals surface area contributed by atoms with Crippen LogP contribution in [0.25, 0.3) is 0 Å². The lowest BCUT2D eigenvalue weighted by Gasteiger charge is -2.14. The van der Waals surface area contributed by atoms with Gasteiger partial charge in [-0.3, -0.25) is 9.67 Å². The topological polar surface area (TPSA) is 85.8 Å². The monoisotopic (exact) mass is 409 g/mol. The van der Waals surface area contributed by atoms with Crippen LogP contribution in [-0.4, -0.2) is 42.0 Å². The second kappa shape index (κ2) is 10.4. The number of ether oxygens (including phenoxy) is 2. The van der Waals surface area contributed by atoms with E-state index in [-0.39, 0.29) is 0 Å². The molecule has 3 aromatic rings. The van der Waals surface area contributed by atoms with Crippen molar-refractivity contribution >= 4 is 11.6 Å². The summed E-state index contributed by atoms with van der Waals surface area (Å²) >= 11 is 0. The highest BCUT2D eigenvalue weighted by atomic mass is 16.5. The fourth-order valence-corrected chi connectivity index (χ4v) is 3.13. The fourth-order valence-electron chi connectivity index (χ4n) is 3.13. The molecule has 0 aliphatic carbocycles. The maximum absolute atomic E-state index is 5.79. The fraction of sp³-hybridized carbons (Fsp3) is 0.364. The Morgan fingerprint density at radius 3 is 2.90 bits per heavy atom. The van der Waals surface area contributed by atoms with E-state index in [1.54, 1.807) is 12.5 Å². The lowest BCUT2D eigenvalue weighted by atomic mass is 10.2. The number of hydrogen-bond acceptors (Lipinski definition) is 5. The quantitative estimate of drug-likeness (QED) is 0.337. The van der Waals surface area contributed by atoms with Crippen molar-refractivity contribution in [3.63, 3.8) is 0 Å². The van der Waals surface area contributed by atoms with Crippen molar-refractivity contribution in [2.75, 3.05) is 31.6 Å². The Balaban J connectivity index is 1.37. The molecule has 3 heterocycles. The van der Waals surface area contributed by atoms with Gasteiger partial charge in [-0.15, -0.1) is 0 Å². The first kappa shape index (κ1) is 19.9.